The number of carbonyl (C=O) groups excluding carboxylic acids is 2. The number of anilines is 1. The Morgan fingerprint density at radius 3 is 2.00 bits per heavy atom. The van der Waals surface area contributed by atoms with Gasteiger partial charge in [-0.3, -0.25) is 19.4 Å². The van der Waals surface area contributed by atoms with Crippen molar-refractivity contribution in [2.24, 2.45) is 0 Å². The molecule has 5 nitrogen and oxygen atoms in total. The van der Waals surface area contributed by atoms with E-state index in [1.165, 1.54) is 4.90 Å². The maximum atomic E-state index is 13.0. The van der Waals surface area contributed by atoms with Gasteiger partial charge in [-0.2, -0.15) is 0 Å². The summed E-state index contributed by atoms with van der Waals surface area (Å²) < 4.78 is 0. The third-order valence-corrected chi connectivity index (χ3v) is 7.41. The maximum Gasteiger partial charge on any atom is 0.261 e. The van der Waals surface area contributed by atoms with Crippen molar-refractivity contribution in [2.75, 3.05) is 44.2 Å². The van der Waals surface area contributed by atoms with Gasteiger partial charge in [0.05, 0.1) is 15.7 Å². The average molecular weight is 482 g/mol. The second-order valence-electron chi connectivity index (χ2n) is 8.58. The Labute approximate surface area is 203 Å². The van der Waals surface area contributed by atoms with Crippen molar-refractivity contribution < 1.29 is 9.59 Å². The van der Waals surface area contributed by atoms with Crippen LogP contribution in [0.4, 0.5) is 5.69 Å². The lowest BCUT2D eigenvalue weighted by Gasteiger charge is -2.36. The molecule has 1 saturated heterocycles. The number of carbonyl (C=O) groups is 2. The summed E-state index contributed by atoms with van der Waals surface area (Å²) in [6.45, 7) is 5.06. The zero-order chi connectivity index (χ0) is 22.9. The summed E-state index contributed by atoms with van der Waals surface area (Å²) in [5, 5.41) is 2.91. The first kappa shape index (κ1) is 22.2. The van der Waals surface area contributed by atoms with Crippen LogP contribution in [0.2, 0.25) is 10.0 Å². The van der Waals surface area contributed by atoms with Crippen LogP contribution in [0.25, 0.3) is 10.8 Å². The van der Waals surface area contributed by atoms with Gasteiger partial charge < -0.3 is 4.90 Å². The van der Waals surface area contributed by atoms with Gasteiger partial charge in [0.25, 0.3) is 11.8 Å². The molecule has 1 fully saturated rings. The van der Waals surface area contributed by atoms with Crippen molar-refractivity contribution in [2.45, 2.75) is 12.8 Å². The first-order valence-electron chi connectivity index (χ1n) is 11.3. The molecule has 2 amide bonds. The Kier molecular flexibility index (Phi) is 6.28. The number of benzene rings is 3. The molecule has 0 atom stereocenters. The van der Waals surface area contributed by atoms with E-state index in [9.17, 15) is 9.59 Å². The summed E-state index contributed by atoms with van der Waals surface area (Å²) in [7, 11) is 0. The number of imide groups is 1. The van der Waals surface area contributed by atoms with Gasteiger partial charge in [-0.25, -0.2) is 0 Å². The molecule has 0 bridgehead atoms. The van der Waals surface area contributed by atoms with Crippen molar-refractivity contribution in [1.82, 2.24) is 9.80 Å². The van der Waals surface area contributed by atoms with Crippen molar-refractivity contribution >= 4 is 51.5 Å². The second kappa shape index (κ2) is 9.34. The summed E-state index contributed by atoms with van der Waals surface area (Å²) in [4.78, 5) is 32.1. The van der Waals surface area contributed by atoms with Crippen LogP contribution in [0.15, 0.2) is 54.6 Å². The summed E-state index contributed by atoms with van der Waals surface area (Å²) in [6.07, 6.45) is 1.72. The molecule has 170 valence electrons. The average Bonchev–Trinajstić information content (AvgIpc) is 2.84. The van der Waals surface area contributed by atoms with E-state index in [2.05, 4.69) is 9.80 Å². The van der Waals surface area contributed by atoms with Crippen LogP contribution in [-0.4, -0.2) is 60.9 Å². The maximum absolute atomic E-state index is 13.0. The second-order valence-corrected chi connectivity index (χ2v) is 9.37. The number of hydrogen-bond acceptors (Lipinski definition) is 4. The highest BCUT2D eigenvalue weighted by Crippen LogP contribution is 2.33. The molecular weight excluding hydrogens is 457 g/mol. The van der Waals surface area contributed by atoms with Crippen molar-refractivity contribution in [3.05, 3.63) is 75.8 Å². The largest absolute Gasteiger partial charge is 0.368 e. The highest BCUT2D eigenvalue weighted by atomic mass is 35.5. The third kappa shape index (κ3) is 4.21. The van der Waals surface area contributed by atoms with Crippen molar-refractivity contribution in [3.63, 3.8) is 0 Å². The molecule has 2 heterocycles. The summed E-state index contributed by atoms with van der Waals surface area (Å²) in [5.41, 5.74) is 2.23. The van der Waals surface area contributed by atoms with Gasteiger partial charge in [0.15, 0.2) is 0 Å². The van der Waals surface area contributed by atoms with Gasteiger partial charge in [0.1, 0.15) is 0 Å². The molecule has 2 aliphatic rings. The fourth-order valence-corrected chi connectivity index (χ4v) is 5.25. The molecule has 0 saturated carbocycles. The van der Waals surface area contributed by atoms with Crippen LogP contribution in [0.1, 0.15) is 33.6 Å². The summed E-state index contributed by atoms with van der Waals surface area (Å²) >= 11 is 12.5. The van der Waals surface area contributed by atoms with Crippen molar-refractivity contribution in [1.29, 1.82) is 0 Å². The smallest absolute Gasteiger partial charge is 0.261 e. The van der Waals surface area contributed by atoms with E-state index in [0.29, 0.717) is 27.7 Å². The lowest BCUT2D eigenvalue weighted by molar-refractivity contribution is 0.0606. The minimum absolute atomic E-state index is 0.184. The zero-order valence-corrected chi connectivity index (χ0v) is 19.8. The highest BCUT2D eigenvalue weighted by Gasteiger charge is 2.32. The molecule has 33 heavy (non-hydrogen) atoms. The molecule has 0 aromatic heterocycles. The van der Waals surface area contributed by atoms with Crippen LogP contribution >= 0.6 is 23.2 Å². The Hall–Kier alpha value is -2.60. The third-order valence-electron chi connectivity index (χ3n) is 6.61. The Balaban J connectivity index is 1.14. The standard InChI is InChI=1S/C26H25Cl2N3O2/c27-21-10-5-11-22(24(21)28)30-16-14-29(15-17-30)12-1-2-13-31-25(32)19-8-3-6-18-7-4-9-20(23(18)19)26(31)33/h3-11H,1-2,12-17H2. The van der Waals surface area contributed by atoms with E-state index in [4.69, 9.17) is 23.2 Å². The molecule has 3 aromatic carbocycles. The summed E-state index contributed by atoms with van der Waals surface area (Å²) in [5.74, 6) is -0.368. The molecule has 0 unspecified atom stereocenters. The fraction of sp³-hybridized carbons (Fsp3) is 0.308. The molecule has 3 aromatic rings. The fourth-order valence-electron chi connectivity index (χ4n) is 4.84. The molecule has 0 N–H and O–H groups in total. The Morgan fingerprint density at radius 1 is 0.727 bits per heavy atom. The Morgan fingerprint density at radius 2 is 1.33 bits per heavy atom. The predicted molar refractivity (Wildman–Crippen MR) is 134 cm³/mol. The molecule has 5 rings (SSSR count). The zero-order valence-electron chi connectivity index (χ0n) is 18.3. The number of hydrogen-bond donors (Lipinski definition) is 0. The van der Waals surface area contributed by atoms with Crippen molar-refractivity contribution in [3.8, 4) is 0 Å². The quantitative estimate of drug-likeness (QED) is 0.351. The highest BCUT2D eigenvalue weighted by molar-refractivity contribution is 6.43. The van der Waals surface area contributed by atoms with Crippen LogP contribution in [0.3, 0.4) is 0 Å². The monoisotopic (exact) mass is 481 g/mol. The van der Waals surface area contributed by atoms with Gasteiger partial charge in [-0.1, -0.05) is 53.5 Å². The lowest BCUT2D eigenvalue weighted by atomic mass is 9.94. The first-order chi connectivity index (χ1) is 16.0. The molecule has 2 aliphatic heterocycles. The van der Waals surface area contributed by atoms with Gasteiger partial charge in [0, 0.05) is 49.2 Å². The van der Waals surface area contributed by atoms with Crippen LogP contribution in [0.5, 0.6) is 0 Å². The van der Waals surface area contributed by atoms with E-state index in [0.717, 1.165) is 62.0 Å². The van der Waals surface area contributed by atoms with Gasteiger partial charge in [0.2, 0.25) is 0 Å². The van der Waals surface area contributed by atoms with E-state index < -0.39 is 0 Å². The first-order valence-corrected chi connectivity index (χ1v) is 12.1. The number of rotatable bonds is 6. The Bertz CT molecular complexity index is 1170. The molecule has 7 heteroatoms. The molecular formula is C26H25Cl2N3O2. The predicted octanol–water partition coefficient (Wildman–Crippen LogP) is 5.35. The van der Waals surface area contributed by atoms with Gasteiger partial charge in [-0.05, 0) is 49.0 Å². The number of piperazine rings is 1. The molecule has 0 radical (unpaired) electrons. The SMILES string of the molecule is O=C1c2cccc3cccc(c23)C(=O)N1CCCCN1CCN(c2cccc(Cl)c2Cl)CC1. The molecule has 0 spiro atoms. The lowest BCUT2D eigenvalue weighted by Crippen LogP contribution is -2.47. The van der Waals surface area contributed by atoms with E-state index in [1.54, 1.807) is 6.07 Å². The van der Waals surface area contributed by atoms with Crippen LogP contribution in [-0.2, 0) is 0 Å². The van der Waals surface area contributed by atoms with Gasteiger partial charge in [-0.15, -0.1) is 0 Å². The summed E-state index contributed by atoms with van der Waals surface area (Å²) in [6, 6.07) is 17.0. The topological polar surface area (TPSA) is 43.9 Å². The minimum atomic E-state index is -0.184. The number of amides is 2. The van der Waals surface area contributed by atoms with Crippen LogP contribution in [0, 0.1) is 0 Å². The normalized spacial score (nSPS) is 16.7. The van der Waals surface area contributed by atoms with E-state index in [-0.39, 0.29) is 11.8 Å². The van der Waals surface area contributed by atoms with E-state index in [1.807, 2.05) is 48.5 Å². The number of halogens is 2. The van der Waals surface area contributed by atoms with Gasteiger partial charge >= 0.3 is 0 Å². The van der Waals surface area contributed by atoms with Crippen LogP contribution < -0.4 is 4.90 Å². The molecule has 0 aliphatic carbocycles. The number of unbranched alkanes of at least 4 members (excludes halogenated alkanes) is 1. The number of nitrogens with zero attached hydrogens (tertiary/aromatic N) is 3. The van der Waals surface area contributed by atoms with E-state index >= 15 is 0 Å². The minimum Gasteiger partial charge on any atom is -0.368 e.